The summed E-state index contributed by atoms with van der Waals surface area (Å²) in [5, 5.41) is 3.91. The van der Waals surface area contributed by atoms with Gasteiger partial charge in [0, 0.05) is 26.5 Å². The van der Waals surface area contributed by atoms with E-state index in [1.165, 1.54) is 41.9 Å². The Kier molecular flexibility index (Phi) is 5.07. The van der Waals surface area contributed by atoms with E-state index in [9.17, 15) is 14.4 Å². The van der Waals surface area contributed by atoms with Gasteiger partial charge in [0.25, 0.3) is 0 Å². The summed E-state index contributed by atoms with van der Waals surface area (Å²) >= 11 is 0. The lowest BCUT2D eigenvalue weighted by Gasteiger charge is -2.17. The minimum atomic E-state index is -0.704. The maximum Gasteiger partial charge on any atom is 0.351 e. The number of nitrogens with zero attached hydrogens (tertiary/aromatic N) is 5. The molecule has 0 bridgehead atoms. The van der Waals surface area contributed by atoms with Crippen molar-refractivity contribution in [1.29, 1.82) is 0 Å². The first-order valence-electron chi connectivity index (χ1n) is 7.84. The van der Waals surface area contributed by atoms with Crippen LogP contribution >= 0.6 is 0 Å². The second-order valence-electron chi connectivity index (χ2n) is 5.63. The number of carbonyl (C=O) groups excluding carboxylic acids is 2. The molecule has 0 aliphatic carbocycles. The van der Waals surface area contributed by atoms with Crippen LogP contribution in [0.15, 0.2) is 29.7 Å². The van der Waals surface area contributed by atoms with E-state index in [1.807, 2.05) is 0 Å². The van der Waals surface area contributed by atoms with Crippen molar-refractivity contribution in [2.24, 2.45) is 0 Å². The van der Waals surface area contributed by atoms with E-state index in [-0.39, 0.29) is 13.0 Å². The molecule has 1 fully saturated rings. The lowest BCUT2D eigenvalue weighted by molar-refractivity contribution is -0.155. The van der Waals surface area contributed by atoms with Gasteiger partial charge in [-0.1, -0.05) is 0 Å². The van der Waals surface area contributed by atoms with Gasteiger partial charge < -0.3 is 14.2 Å². The summed E-state index contributed by atoms with van der Waals surface area (Å²) in [4.78, 5) is 42.4. The highest BCUT2D eigenvalue weighted by Crippen LogP contribution is 2.30. The molecular formula is C15H17N5O6. The monoisotopic (exact) mass is 363 g/mol. The van der Waals surface area contributed by atoms with Crippen LogP contribution in [-0.4, -0.2) is 55.1 Å². The third kappa shape index (κ3) is 3.94. The lowest BCUT2D eigenvalue weighted by atomic mass is 10.2. The molecule has 0 spiro atoms. The largest absolute Gasteiger partial charge is 0.463 e. The van der Waals surface area contributed by atoms with E-state index in [0.717, 1.165) is 0 Å². The maximum atomic E-state index is 12.3. The van der Waals surface area contributed by atoms with Crippen molar-refractivity contribution >= 4 is 11.9 Å². The fraction of sp³-hybridized carbons (Fsp3) is 0.467. The zero-order valence-electron chi connectivity index (χ0n) is 14.1. The van der Waals surface area contributed by atoms with Gasteiger partial charge in [-0.3, -0.25) is 14.2 Å². The third-order valence-electron chi connectivity index (χ3n) is 3.73. The predicted molar refractivity (Wildman–Crippen MR) is 84.1 cm³/mol. The molecule has 3 atom stereocenters. The van der Waals surface area contributed by atoms with Crippen molar-refractivity contribution in [2.75, 3.05) is 6.61 Å². The van der Waals surface area contributed by atoms with Crippen molar-refractivity contribution in [3.8, 4) is 5.82 Å². The summed E-state index contributed by atoms with van der Waals surface area (Å²) < 4.78 is 18.6. The van der Waals surface area contributed by atoms with Crippen molar-refractivity contribution < 1.29 is 23.8 Å². The van der Waals surface area contributed by atoms with Gasteiger partial charge >= 0.3 is 17.6 Å². The zero-order chi connectivity index (χ0) is 18.7. The third-order valence-corrected chi connectivity index (χ3v) is 3.73. The van der Waals surface area contributed by atoms with Gasteiger partial charge in [0.15, 0.2) is 5.82 Å². The molecule has 3 heterocycles. The molecule has 3 rings (SSSR count). The van der Waals surface area contributed by atoms with Crippen LogP contribution in [0, 0.1) is 0 Å². The summed E-state index contributed by atoms with van der Waals surface area (Å²) in [6.45, 7) is 2.46. The fourth-order valence-corrected chi connectivity index (χ4v) is 2.63. The van der Waals surface area contributed by atoms with E-state index in [1.54, 1.807) is 6.07 Å². The molecule has 1 aliphatic rings. The van der Waals surface area contributed by atoms with Crippen LogP contribution in [0.25, 0.3) is 5.82 Å². The second kappa shape index (κ2) is 7.44. The second-order valence-corrected chi connectivity index (χ2v) is 5.63. The van der Waals surface area contributed by atoms with Gasteiger partial charge in [0.1, 0.15) is 37.7 Å². The molecule has 0 radical (unpaired) electrons. The van der Waals surface area contributed by atoms with Crippen LogP contribution in [0.4, 0.5) is 0 Å². The molecule has 11 nitrogen and oxygen atoms in total. The number of hydrogen-bond donors (Lipinski definition) is 0. The van der Waals surface area contributed by atoms with Gasteiger partial charge in [0.2, 0.25) is 0 Å². The first-order chi connectivity index (χ1) is 12.4. The van der Waals surface area contributed by atoms with Crippen LogP contribution in [-0.2, 0) is 23.8 Å². The van der Waals surface area contributed by atoms with Crippen LogP contribution in [0.1, 0.15) is 26.5 Å². The van der Waals surface area contributed by atoms with E-state index in [4.69, 9.17) is 14.2 Å². The fourth-order valence-electron chi connectivity index (χ4n) is 2.63. The molecule has 1 saturated heterocycles. The number of aromatic nitrogens is 5. The van der Waals surface area contributed by atoms with E-state index >= 15 is 0 Å². The molecule has 26 heavy (non-hydrogen) atoms. The minimum absolute atomic E-state index is 0.0804. The molecule has 0 amide bonds. The molecule has 0 aromatic carbocycles. The average molecular weight is 363 g/mol. The highest BCUT2D eigenvalue weighted by Gasteiger charge is 2.39. The number of esters is 2. The highest BCUT2D eigenvalue weighted by atomic mass is 16.6. The Morgan fingerprint density at radius 1 is 1.35 bits per heavy atom. The molecule has 0 unspecified atom stereocenters. The number of carbonyl (C=O) groups is 2. The van der Waals surface area contributed by atoms with Crippen LogP contribution in [0.3, 0.4) is 0 Å². The smallest absolute Gasteiger partial charge is 0.351 e. The normalized spacial score (nSPS) is 22.2. The van der Waals surface area contributed by atoms with Gasteiger partial charge in [-0.25, -0.2) is 14.5 Å². The standard InChI is InChI=1S/C15H17N5O6/c1-9(21)24-6-12-11(25-10(2)22)5-14(26-12)19-4-3-13(18-15(19)23)20-8-16-7-17-20/h3-4,7-8,11-12,14H,5-6H2,1-2H3/t11-,12+,14+/m0/s1. The van der Waals surface area contributed by atoms with E-state index in [0.29, 0.717) is 5.82 Å². The van der Waals surface area contributed by atoms with Crippen LogP contribution < -0.4 is 5.69 Å². The van der Waals surface area contributed by atoms with Crippen LogP contribution in [0.5, 0.6) is 0 Å². The van der Waals surface area contributed by atoms with Crippen LogP contribution in [0.2, 0.25) is 0 Å². The zero-order valence-corrected chi connectivity index (χ0v) is 14.1. The van der Waals surface area contributed by atoms with Gasteiger partial charge in [-0.2, -0.15) is 10.1 Å². The highest BCUT2D eigenvalue weighted by molar-refractivity contribution is 5.66. The average Bonchev–Trinajstić information content (AvgIpc) is 3.22. The topological polar surface area (TPSA) is 127 Å². The molecule has 138 valence electrons. The summed E-state index contributed by atoms with van der Waals surface area (Å²) in [7, 11) is 0. The predicted octanol–water partition coefficient (Wildman–Crippen LogP) is -0.394. The first kappa shape index (κ1) is 17.7. The molecule has 2 aromatic rings. The Morgan fingerprint density at radius 3 is 2.77 bits per heavy atom. The molecule has 0 saturated carbocycles. The van der Waals surface area contributed by atoms with E-state index < -0.39 is 36.1 Å². The van der Waals surface area contributed by atoms with E-state index in [2.05, 4.69) is 15.1 Å². The molecule has 0 N–H and O–H groups in total. The maximum absolute atomic E-state index is 12.3. The summed E-state index contributed by atoms with van der Waals surface area (Å²) in [5.74, 6) is -0.650. The number of rotatable bonds is 5. The quantitative estimate of drug-likeness (QED) is 0.652. The Morgan fingerprint density at radius 2 is 2.15 bits per heavy atom. The molecule has 2 aromatic heterocycles. The number of hydrogen-bond acceptors (Lipinski definition) is 9. The minimum Gasteiger partial charge on any atom is -0.463 e. The van der Waals surface area contributed by atoms with Gasteiger partial charge in [0.05, 0.1) is 0 Å². The van der Waals surface area contributed by atoms with Gasteiger partial charge in [-0.05, 0) is 6.07 Å². The summed E-state index contributed by atoms with van der Waals surface area (Å²) in [5.41, 5.74) is -0.558. The number of ether oxygens (including phenoxy) is 3. The van der Waals surface area contributed by atoms with Gasteiger partial charge in [-0.15, -0.1) is 0 Å². The summed E-state index contributed by atoms with van der Waals surface area (Å²) in [6.07, 6.45) is 2.48. The van der Waals surface area contributed by atoms with Crippen molar-refractivity contribution in [3.05, 3.63) is 35.4 Å². The summed E-state index contributed by atoms with van der Waals surface area (Å²) in [6, 6.07) is 1.58. The lowest BCUT2D eigenvalue weighted by Crippen LogP contribution is -2.31. The molecule has 1 aliphatic heterocycles. The van der Waals surface area contributed by atoms with Crippen molar-refractivity contribution in [1.82, 2.24) is 24.3 Å². The Balaban J connectivity index is 1.79. The Labute approximate surface area is 147 Å². The van der Waals surface area contributed by atoms with Crippen molar-refractivity contribution in [3.63, 3.8) is 0 Å². The Hall–Kier alpha value is -3.08. The first-order valence-corrected chi connectivity index (χ1v) is 7.84. The molecular weight excluding hydrogens is 346 g/mol. The Bertz CT molecular complexity index is 848. The van der Waals surface area contributed by atoms with Crippen molar-refractivity contribution in [2.45, 2.75) is 38.7 Å². The SMILES string of the molecule is CC(=O)OC[C@H]1O[C@@H](n2ccc(-n3cncn3)nc2=O)C[C@@H]1OC(C)=O. The molecule has 11 heteroatoms.